The van der Waals surface area contributed by atoms with Crippen LogP contribution in [0, 0.1) is 0 Å². The SMILES string of the molecule is CC1(C)c2ccccc2-c2ccc(N(c3ccc(-c4ccccc4)cc3)c3ccc4c5ccc(-c6cc7ccccc7c7ccccc67)cc5c5ccccc5c4c3)cc21. The number of rotatable bonds is 5. The molecule has 0 fully saturated rings. The second-order valence-electron chi connectivity index (χ2n) is 16.9. The van der Waals surface area contributed by atoms with E-state index in [2.05, 4.69) is 231 Å². The summed E-state index contributed by atoms with van der Waals surface area (Å²) in [6.45, 7) is 4.73. The van der Waals surface area contributed by atoms with E-state index >= 15 is 0 Å². The van der Waals surface area contributed by atoms with Crippen LogP contribution in [0.3, 0.4) is 0 Å². The number of anilines is 3. The normalized spacial score (nSPS) is 13.0. The molecule has 60 heavy (non-hydrogen) atoms. The second kappa shape index (κ2) is 13.3. The van der Waals surface area contributed by atoms with Crippen LogP contribution in [0.25, 0.3) is 87.2 Å². The average Bonchev–Trinajstić information content (AvgIpc) is 3.54. The molecule has 0 saturated carbocycles. The summed E-state index contributed by atoms with van der Waals surface area (Å²) in [4.78, 5) is 2.44. The van der Waals surface area contributed by atoms with E-state index < -0.39 is 0 Å². The maximum atomic E-state index is 2.44. The lowest BCUT2D eigenvalue weighted by Crippen LogP contribution is -2.16. The molecule has 0 unspecified atom stereocenters. The molecule has 12 rings (SSSR count). The first kappa shape index (κ1) is 34.6. The molecule has 0 spiro atoms. The Bertz CT molecular complexity index is 3480. The Kier molecular flexibility index (Phi) is 7.65. The third kappa shape index (κ3) is 5.26. The van der Waals surface area contributed by atoms with Gasteiger partial charge >= 0.3 is 0 Å². The van der Waals surface area contributed by atoms with Crippen LogP contribution in [-0.2, 0) is 5.41 Å². The highest BCUT2D eigenvalue weighted by atomic mass is 15.1. The first-order valence-electron chi connectivity index (χ1n) is 21.0. The van der Waals surface area contributed by atoms with E-state index in [4.69, 9.17) is 0 Å². The fourth-order valence-corrected chi connectivity index (χ4v) is 10.3. The van der Waals surface area contributed by atoms with Gasteiger partial charge in [0.15, 0.2) is 0 Å². The lowest BCUT2D eigenvalue weighted by molar-refractivity contribution is 0.660. The highest BCUT2D eigenvalue weighted by Gasteiger charge is 2.35. The van der Waals surface area contributed by atoms with Crippen molar-refractivity contribution in [1.82, 2.24) is 0 Å². The molecule has 0 atom stereocenters. The Morgan fingerprint density at radius 3 is 1.55 bits per heavy atom. The molecule has 1 aliphatic rings. The maximum Gasteiger partial charge on any atom is 0.0468 e. The van der Waals surface area contributed by atoms with Gasteiger partial charge in [0.05, 0.1) is 0 Å². The van der Waals surface area contributed by atoms with E-state index in [-0.39, 0.29) is 5.41 Å². The standard InChI is InChI=1S/C59H41N/c1-59(2)57-23-13-12-22-52(57)53-33-30-44(37-58(53)59)60(42-27-24-39(25-28-42)38-14-4-3-5-15-38)43-29-32-51-50-31-26-41(35-55(50)48-20-10-11-21-49(48)56(51)36-43)54-34-40-16-6-7-17-45(40)46-18-8-9-19-47(46)54/h3-37H,1-2H3. The largest absolute Gasteiger partial charge is 0.310 e. The number of hydrogen-bond acceptors (Lipinski definition) is 1. The number of hydrogen-bond donors (Lipinski definition) is 0. The molecule has 0 bridgehead atoms. The second-order valence-corrected chi connectivity index (χ2v) is 16.9. The van der Waals surface area contributed by atoms with E-state index in [9.17, 15) is 0 Å². The Morgan fingerprint density at radius 2 is 0.783 bits per heavy atom. The quantitative estimate of drug-likeness (QED) is 0.158. The van der Waals surface area contributed by atoms with E-state index in [0.29, 0.717) is 0 Å². The molecule has 0 amide bonds. The maximum absolute atomic E-state index is 2.44. The number of nitrogens with zero attached hydrogens (tertiary/aromatic N) is 1. The van der Waals surface area contributed by atoms with E-state index in [0.717, 1.165) is 17.1 Å². The predicted octanol–water partition coefficient (Wildman–Crippen LogP) is 16.6. The molecule has 0 saturated heterocycles. The fourth-order valence-electron chi connectivity index (χ4n) is 10.3. The summed E-state index contributed by atoms with van der Waals surface area (Å²) >= 11 is 0. The van der Waals surface area contributed by atoms with Crippen LogP contribution in [0.5, 0.6) is 0 Å². The van der Waals surface area contributed by atoms with Gasteiger partial charge in [-0.1, -0.05) is 178 Å². The molecule has 11 aromatic rings. The van der Waals surface area contributed by atoms with Crippen molar-refractivity contribution in [3.63, 3.8) is 0 Å². The van der Waals surface area contributed by atoms with Gasteiger partial charge in [0.1, 0.15) is 0 Å². The van der Waals surface area contributed by atoms with Crippen molar-refractivity contribution in [3.8, 4) is 33.4 Å². The molecule has 0 N–H and O–H groups in total. The Hall–Kier alpha value is -7.48. The van der Waals surface area contributed by atoms with Crippen molar-refractivity contribution in [3.05, 3.63) is 223 Å². The molecule has 0 aromatic heterocycles. The van der Waals surface area contributed by atoms with Crippen molar-refractivity contribution < 1.29 is 0 Å². The van der Waals surface area contributed by atoms with Crippen molar-refractivity contribution >= 4 is 70.9 Å². The minimum absolute atomic E-state index is 0.110. The third-order valence-corrected chi connectivity index (χ3v) is 13.2. The average molecular weight is 764 g/mol. The zero-order valence-corrected chi connectivity index (χ0v) is 33.7. The van der Waals surface area contributed by atoms with Gasteiger partial charge in [-0.3, -0.25) is 0 Å². The zero-order chi connectivity index (χ0) is 40.0. The van der Waals surface area contributed by atoms with Crippen LogP contribution >= 0.6 is 0 Å². The number of fused-ring (bicyclic) bond motifs is 12. The molecule has 1 nitrogen and oxygen atoms in total. The Balaban J connectivity index is 1.05. The molecular weight excluding hydrogens is 723 g/mol. The monoisotopic (exact) mass is 763 g/mol. The Morgan fingerprint density at radius 1 is 0.283 bits per heavy atom. The van der Waals surface area contributed by atoms with Crippen molar-refractivity contribution in [2.24, 2.45) is 0 Å². The Labute approximate surface area is 350 Å². The van der Waals surface area contributed by atoms with Crippen LogP contribution in [0.1, 0.15) is 25.0 Å². The molecule has 1 aliphatic carbocycles. The van der Waals surface area contributed by atoms with Crippen molar-refractivity contribution in [2.45, 2.75) is 19.3 Å². The van der Waals surface area contributed by atoms with Crippen molar-refractivity contribution in [1.29, 1.82) is 0 Å². The molecule has 282 valence electrons. The summed E-state index contributed by atoms with van der Waals surface area (Å²) in [5.41, 5.74) is 13.6. The van der Waals surface area contributed by atoms with Gasteiger partial charge < -0.3 is 4.90 Å². The highest BCUT2D eigenvalue weighted by molar-refractivity contribution is 6.27. The summed E-state index contributed by atoms with van der Waals surface area (Å²) in [6, 6.07) is 78.8. The molecule has 11 aromatic carbocycles. The van der Waals surface area contributed by atoms with E-state index in [1.807, 2.05) is 0 Å². The fraction of sp³-hybridized carbons (Fsp3) is 0.0508. The van der Waals surface area contributed by atoms with Gasteiger partial charge in [0.25, 0.3) is 0 Å². The summed E-state index contributed by atoms with van der Waals surface area (Å²) in [6.07, 6.45) is 0. The topological polar surface area (TPSA) is 3.24 Å². The summed E-state index contributed by atoms with van der Waals surface area (Å²) in [5, 5.41) is 12.7. The van der Waals surface area contributed by atoms with Crippen molar-refractivity contribution in [2.75, 3.05) is 4.90 Å². The van der Waals surface area contributed by atoms with E-state index in [1.165, 1.54) is 98.4 Å². The van der Waals surface area contributed by atoms with Gasteiger partial charge in [-0.05, 0) is 147 Å². The van der Waals surface area contributed by atoms with Gasteiger partial charge in [0.2, 0.25) is 0 Å². The van der Waals surface area contributed by atoms with Crippen LogP contribution < -0.4 is 4.90 Å². The van der Waals surface area contributed by atoms with Gasteiger partial charge in [-0.25, -0.2) is 0 Å². The minimum atomic E-state index is -0.110. The van der Waals surface area contributed by atoms with Gasteiger partial charge in [-0.15, -0.1) is 0 Å². The van der Waals surface area contributed by atoms with Gasteiger partial charge in [0, 0.05) is 22.5 Å². The smallest absolute Gasteiger partial charge is 0.0468 e. The molecular formula is C59H41N. The highest BCUT2D eigenvalue weighted by Crippen LogP contribution is 2.51. The third-order valence-electron chi connectivity index (χ3n) is 13.2. The zero-order valence-electron chi connectivity index (χ0n) is 33.7. The van der Waals surface area contributed by atoms with Crippen LogP contribution in [0.4, 0.5) is 17.1 Å². The lowest BCUT2D eigenvalue weighted by Gasteiger charge is -2.28. The first-order valence-corrected chi connectivity index (χ1v) is 21.0. The molecule has 0 radical (unpaired) electrons. The summed E-state index contributed by atoms with van der Waals surface area (Å²) in [7, 11) is 0. The van der Waals surface area contributed by atoms with E-state index in [1.54, 1.807) is 0 Å². The first-order chi connectivity index (χ1) is 29.5. The summed E-state index contributed by atoms with van der Waals surface area (Å²) in [5.74, 6) is 0. The van der Waals surface area contributed by atoms with Crippen LogP contribution in [0.2, 0.25) is 0 Å². The molecule has 0 heterocycles. The molecule has 1 heteroatoms. The number of benzene rings is 11. The summed E-state index contributed by atoms with van der Waals surface area (Å²) < 4.78 is 0. The van der Waals surface area contributed by atoms with Crippen LogP contribution in [0.15, 0.2) is 212 Å². The lowest BCUT2D eigenvalue weighted by atomic mass is 9.82. The predicted molar refractivity (Wildman–Crippen MR) is 257 cm³/mol. The molecule has 0 aliphatic heterocycles. The van der Waals surface area contributed by atoms with Gasteiger partial charge in [-0.2, -0.15) is 0 Å². The minimum Gasteiger partial charge on any atom is -0.310 e. The van der Waals surface area contributed by atoms with Crippen LogP contribution in [-0.4, -0.2) is 0 Å².